The van der Waals surface area contributed by atoms with Crippen molar-refractivity contribution in [2.24, 2.45) is 0 Å². The molecule has 0 saturated heterocycles. The van der Waals surface area contributed by atoms with E-state index in [-0.39, 0.29) is 11.6 Å². The number of rotatable bonds is 5. The van der Waals surface area contributed by atoms with Crippen molar-refractivity contribution >= 4 is 17.2 Å². The Morgan fingerprint density at radius 1 is 1.25 bits per heavy atom. The van der Waals surface area contributed by atoms with E-state index in [1.54, 1.807) is 13.0 Å². The molecule has 0 unspecified atom stereocenters. The Morgan fingerprint density at radius 2 is 2.08 bits per heavy atom. The molecule has 8 nitrogen and oxygen atoms in total. The first-order chi connectivity index (χ1) is 11.6. The Morgan fingerprint density at radius 3 is 2.88 bits per heavy atom. The van der Waals surface area contributed by atoms with Gasteiger partial charge in [-0.1, -0.05) is 12.1 Å². The normalized spacial score (nSPS) is 10.7. The van der Waals surface area contributed by atoms with Crippen LogP contribution in [0.15, 0.2) is 42.6 Å². The number of benzene rings is 1. The molecule has 0 fully saturated rings. The highest BCUT2D eigenvalue weighted by atomic mass is 16.6. The van der Waals surface area contributed by atoms with Crippen molar-refractivity contribution in [2.75, 3.05) is 6.54 Å². The van der Waals surface area contributed by atoms with E-state index in [4.69, 9.17) is 0 Å². The minimum Gasteiger partial charge on any atom is -0.352 e. The summed E-state index contributed by atoms with van der Waals surface area (Å²) >= 11 is 0. The molecule has 0 bridgehead atoms. The minimum atomic E-state index is -0.492. The number of fused-ring (bicyclic) bond motifs is 1. The highest BCUT2D eigenvalue weighted by molar-refractivity contribution is 5.96. The third kappa shape index (κ3) is 2.94. The monoisotopic (exact) mass is 325 g/mol. The number of nitrogens with zero attached hydrogens (tertiary/aromatic N) is 4. The molecule has 3 rings (SSSR count). The summed E-state index contributed by atoms with van der Waals surface area (Å²) < 4.78 is 1.85. The first-order valence-corrected chi connectivity index (χ1v) is 7.39. The van der Waals surface area contributed by atoms with E-state index in [1.165, 1.54) is 12.1 Å². The van der Waals surface area contributed by atoms with Gasteiger partial charge in [-0.25, -0.2) is 0 Å². The molecule has 0 atom stereocenters. The Hall–Kier alpha value is -3.29. The fourth-order valence-electron chi connectivity index (χ4n) is 2.51. The van der Waals surface area contributed by atoms with E-state index in [0.717, 1.165) is 11.5 Å². The Labute approximate surface area is 137 Å². The van der Waals surface area contributed by atoms with Gasteiger partial charge in [0, 0.05) is 36.4 Å². The van der Waals surface area contributed by atoms with Crippen molar-refractivity contribution < 1.29 is 9.72 Å². The Kier molecular flexibility index (Phi) is 4.19. The van der Waals surface area contributed by atoms with Gasteiger partial charge in [0.25, 0.3) is 11.6 Å². The number of amides is 1. The second-order valence-electron chi connectivity index (χ2n) is 5.26. The van der Waals surface area contributed by atoms with Crippen LogP contribution in [0.5, 0.6) is 0 Å². The van der Waals surface area contributed by atoms with Crippen LogP contribution in [-0.4, -0.2) is 32.0 Å². The molecule has 24 heavy (non-hydrogen) atoms. The lowest BCUT2D eigenvalue weighted by Crippen LogP contribution is -2.27. The molecule has 0 saturated carbocycles. The molecule has 1 aromatic carbocycles. The van der Waals surface area contributed by atoms with Gasteiger partial charge in [-0.2, -0.15) is 0 Å². The molecule has 0 aliphatic rings. The average Bonchev–Trinajstić information content (AvgIpc) is 2.98. The van der Waals surface area contributed by atoms with Crippen molar-refractivity contribution in [3.05, 3.63) is 69.7 Å². The molecule has 2 aromatic heterocycles. The molecular formula is C16H15N5O3. The number of hydrogen-bond acceptors (Lipinski definition) is 5. The smallest absolute Gasteiger partial charge is 0.273 e. The second-order valence-corrected chi connectivity index (χ2v) is 5.26. The summed E-state index contributed by atoms with van der Waals surface area (Å²) in [5, 5.41) is 21.8. The van der Waals surface area contributed by atoms with Gasteiger partial charge in [0.2, 0.25) is 0 Å². The van der Waals surface area contributed by atoms with Crippen LogP contribution in [0, 0.1) is 17.0 Å². The summed E-state index contributed by atoms with van der Waals surface area (Å²) in [7, 11) is 0. The Balaban J connectivity index is 1.68. The number of pyridine rings is 1. The summed E-state index contributed by atoms with van der Waals surface area (Å²) in [5.74, 6) is 0.395. The van der Waals surface area contributed by atoms with Crippen LogP contribution < -0.4 is 5.32 Å². The highest BCUT2D eigenvalue weighted by Crippen LogP contribution is 2.20. The lowest BCUT2D eigenvalue weighted by molar-refractivity contribution is -0.385. The lowest BCUT2D eigenvalue weighted by Gasteiger charge is -2.07. The fraction of sp³-hybridized carbons (Fsp3) is 0.188. The largest absolute Gasteiger partial charge is 0.352 e. The number of carbonyl (C=O) groups excluding carboxylic acids is 1. The zero-order valence-electron chi connectivity index (χ0n) is 13.0. The summed E-state index contributed by atoms with van der Waals surface area (Å²) in [5.41, 5.74) is 1.34. The number of nitro groups is 1. The number of nitrogens with one attached hydrogen (secondary N) is 1. The standard InChI is InChI=1S/C16H15N5O3/c1-11-12(5-4-6-13(11)21(23)24)16(22)17-9-8-15-19-18-14-7-2-3-10-20(14)15/h2-7,10H,8-9H2,1H3,(H,17,22). The zero-order valence-corrected chi connectivity index (χ0v) is 13.0. The van der Waals surface area contributed by atoms with Crippen LogP contribution in [0.3, 0.4) is 0 Å². The van der Waals surface area contributed by atoms with E-state index in [9.17, 15) is 14.9 Å². The van der Waals surface area contributed by atoms with Crippen molar-refractivity contribution in [3.8, 4) is 0 Å². The minimum absolute atomic E-state index is 0.0638. The Bertz CT molecular complexity index is 919. The fourth-order valence-corrected chi connectivity index (χ4v) is 2.51. The van der Waals surface area contributed by atoms with Crippen molar-refractivity contribution in [1.82, 2.24) is 19.9 Å². The summed E-state index contributed by atoms with van der Waals surface area (Å²) in [6, 6.07) is 10.1. The predicted octanol–water partition coefficient (Wildman–Crippen LogP) is 1.92. The molecule has 1 amide bonds. The third-order valence-electron chi connectivity index (χ3n) is 3.77. The maximum absolute atomic E-state index is 12.3. The van der Waals surface area contributed by atoms with Gasteiger partial charge in [0.05, 0.1) is 4.92 Å². The molecule has 1 N–H and O–H groups in total. The van der Waals surface area contributed by atoms with E-state index >= 15 is 0 Å². The quantitative estimate of drug-likeness (QED) is 0.570. The van der Waals surface area contributed by atoms with Crippen LogP contribution in [-0.2, 0) is 6.42 Å². The lowest BCUT2D eigenvalue weighted by atomic mass is 10.1. The number of nitro benzene ring substituents is 1. The summed E-state index contributed by atoms with van der Waals surface area (Å²) in [6.07, 6.45) is 2.36. The molecule has 2 heterocycles. The van der Waals surface area contributed by atoms with Crippen LogP contribution in [0.4, 0.5) is 5.69 Å². The first kappa shape index (κ1) is 15.6. The highest BCUT2D eigenvalue weighted by Gasteiger charge is 2.17. The molecule has 0 spiro atoms. The molecule has 8 heteroatoms. The summed E-state index contributed by atoms with van der Waals surface area (Å²) in [4.78, 5) is 22.7. The van der Waals surface area contributed by atoms with Crippen LogP contribution >= 0.6 is 0 Å². The molecule has 0 aliphatic carbocycles. The van der Waals surface area contributed by atoms with Crippen LogP contribution in [0.2, 0.25) is 0 Å². The van der Waals surface area contributed by atoms with Crippen molar-refractivity contribution in [3.63, 3.8) is 0 Å². The third-order valence-corrected chi connectivity index (χ3v) is 3.77. The molecule has 0 radical (unpaired) electrons. The van der Waals surface area contributed by atoms with Gasteiger partial charge < -0.3 is 5.32 Å². The molecule has 0 aliphatic heterocycles. The molecule has 122 valence electrons. The topological polar surface area (TPSA) is 102 Å². The van der Waals surface area contributed by atoms with Crippen LogP contribution in [0.1, 0.15) is 21.7 Å². The first-order valence-electron chi connectivity index (χ1n) is 7.39. The maximum Gasteiger partial charge on any atom is 0.273 e. The second kappa shape index (κ2) is 6.45. The predicted molar refractivity (Wildman–Crippen MR) is 86.9 cm³/mol. The van der Waals surface area contributed by atoms with Crippen molar-refractivity contribution in [2.45, 2.75) is 13.3 Å². The molecular weight excluding hydrogens is 310 g/mol. The average molecular weight is 325 g/mol. The summed E-state index contributed by atoms with van der Waals surface area (Å²) in [6.45, 7) is 1.93. The van der Waals surface area contributed by atoms with E-state index in [2.05, 4.69) is 15.5 Å². The van der Waals surface area contributed by atoms with Gasteiger partial charge in [-0.15, -0.1) is 10.2 Å². The number of aromatic nitrogens is 3. The van der Waals surface area contributed by atoms with Gasteiger partial charge in [-0.3, -0.25) is 19.3 Å². The van der Waals surface area contributed by atoms with Gasteiger partial charge in [0.1, 0.15) is 5.82 Å². The zero-order chi connectivity index (χ0) is 17.1. The maximum atomic E-state index is 12.3. The molecule has 3 aromatic rings. The van der Waals surface area contributed by atoms with Gasteiger partial charge in [0.15, 0.2) is 5.65 Å². The van der Waals surface area contributed by atoms with E-state index < -0.39 is 4.92 Å². The van der Waals surface area contributed by atoms with Gasteiger partial charge >= 0.3 is 0 Å². The van der Waals surface area contributed by atoms with E-state index in [1.807, 2.05) is 28.8 Å². The number of hydrogen-bond donors (Lipinski definition) is 1. The van der Waals surface area contributed by atoms with Crippen molar-refractivity contribution in [1.29, 1.82) is 0 Å². The SMILES string of the molecule is Cc1c(C(=O)NCCc2nnc3ccccn23)cccc1[N+](=O)[O-]. The van der Waals surface area contributed by atoms with E-state index in [0.29, 0.717) is 24.1 Å². The number of carbonyl (C=O) groups is 1. The van der Waals surface area contributed by atoms with Gasteiger partial charge in [-0.05, 0) is 25.1 Å². The van der Waals surface area contributed by atoms with Crippen LogP contribution in [0.25, 0.3) is 5.65 Å².